The summed E-state index contributed by atoms with van der Waals surface area (Å²) in [6.45, 7) is 4.15. The number of hydrogen-bond acceptors (Lipinski definition) is 2. The minimum absolute atomic E-state index is 0.501. The summed E-state index contributed by atoms with van der Waals surface area (Å²) in [7, 11) is 0. The number of piperazine rings is 1. The molecule has 1 aliphatic rings. The molecule has 0 radical (unpaired) electrons. The van der Waals surface area contributed by atoms with Gasteiger partial charge in [0.1, 0.15) is 0 Å². The summed E-state index contributed by atoms with van der Waals surface area (Å²) in [4.78, 5) is 4.47. The number of hydrogen-bond donors (Lipinski definition) is 1. The third-order valence-corrected chi connectivity index (χ3v) is 6.08. The Morgan fingerprint density at radius 1 is 0.885 bits per heavy atom. The molecule has 2 aromatic rings. The van der Waals surface area contributed by atoms with E-state index in [1.807, 2.05) is 24.3 Å². The van der Waals surface area contributed by atoms with Crippen molar-refractivity contribution >= 4 is 69.4 Å². The lowest BCUT2D eigenvalue weighted by Crippen LogP contribution is -2.49. The van der Waals surface area contributed by atoms with Crippen molar-refractivity contribution < 1.29 is 0 Å². The molecule has 2 aromatic carbocycles. The third kappa shape index (κ3) is 4.94. The molecule has 0 aromatic heterocycles. The Labute approximate surface area is 178 Å². The van der Waals surface area contributed by atoms with Crippen LogP contribution in [0.2, 0.25) is 20.1 Å². The number of halogens is 4. The molecule has 8 heteroatoms. The summed E-state index contributed by atoms with van der Waals surface area (Å²) in [6.07, 6.45) is 0. The number of thiocarbonyl (C=S) groups is 1. The van der Waals surface area contributed by atoms with Gasteiger partial charge in [-0.25, -0.2) is 0 Å². The van der Waals surface area contributed by atoms with Crippen LogP contribution in [0.3, 0.4) is 0 Å². The van der Waals surface area contributed by atoms with Crippen LogP contribution in [0.1, 0.15) is 5.56 Å². The van der Waals surface area contributed by atoms with Crippen LogP contribution in [0.25, 0.3) is 0 Å². The smallest absolute Gasteiger partial charge is 0.173 e. The van der Waals surface area contributed by atoms with Gasteiger partial charge in [-0.2, -0.15) is 0 Å². The maximum absolute atomic E-state index is 6.27. The van der Waals surface area contributed by atoms with Crippen molar-refractivity contribution in [3.05, 3.63) is 62.1 Å². The van der Waals surface area contributed by atoms with E-state index in [2.05, 4.69) is 15.1 Å². The second-order valence-corrected chi connectivity index (χ2v) is 8.04. The predicted octanol–water partition coefficient (Wildman–Crippen LogP) is 5.81. The molecule has 0 atom stereocenters. The number of benzene rings is 2. The molecule has 3 nitrogen and oxygen atoms in total. The summed E-state index contributed by atoms with van der Waals surface area (Å²) in [5.41, 5.74) is 1.80. The monoisotopic (exact) mass is 447 g/mol. The van der Waals surface area contributed by atoms with E-state index in [-0.39, 0.29) is 0 Å². The number of rotatable bonds is 3. The van der Waals surface area contributed by atoms with Gasteiger partial charge >= 0.3 is 0 Å². The highest BCUT2D eigenvalue weighted by atomic mass is 35.5. The first-order valence-electron chi connectivity index (χ1n) is 8.10. The van der Waals surface area contributed by atoms with Gasteiger partial charge in [0, 0.05) is 54.0 Å². The first-order chi connectivity index (χ1) is 12.4. The Kier molecular flexibility index (Phi) is 6.89. The highest BCUT2D eigenvalue weighted by Crippen LogP contribution is 2.27. The molecular weight excluding hydrogens is 432 g/mol. The third-order valence-electron chi connectivity index (χ3n) is 4.27. The van der Waals surface area contributed by atoms with Crippen molar-refractivity contribution in [2.75, 3.05) is 31.5 Å². The Morgan fingerprint density at radius 2 is 1.54 bits per heavy atom. The molecule has 1 heterocycles. The molecule has 26 heavy (non-hydrogen) atoms. The van der Waals surface area contributed by atoms with E-state index in [0.717, 1.165) is 44.0 Å². The fourth-order valence-corrected chi connectivity index (χ4v) is 3.91. The maximum atomic E-state index is 6.27. The minimum Gasteiger partial charge on any atom is -0.346 e. The quantitative estimate of drug-likeness (QED) is 0.596. The molecule has 1 fully saturated rings. The molecule has 0 amide bonds. The lowest BCUT2D eigenvalue weighted by atomic mass is 10.2. The van der Waals surface area contributed by atoms with E-state index < -0.39 is 0 Å². The molecule has 3 rings (SSSR count). The largest absolute Gasteiger partial charge is 0.346 e. The van der Waals surface area contributed by atoms with Crippen LogP contribution in [0.5, 0.6) is 0 Å². The van der Waals surface area contributed by atoms with Crippen LogP contribution in [0.4, 0.5) is 5.69 Å². The maximum Gasteiger partial charge on any atom is 0.173 e. The molecule has 0 unspecified atom stereocenters. The van der Waals surface area contributed by atoms with Gasteiger partial charge in [-0.15, -0.1) is 0 Å². The van der Waals surface area contributed by atoms with Gasteiger partial charge in [0.15, 0.2) is 5.11 Å². The van der Waals surface area contributed by atoms with Crippen molar-refractivity contribution in [3.8, 4) is 0 Å². The van der Waals surface area contributed by atoms with Gasteiger partial charge in [0.05, 0.1) is 10.0 Å². The molecule has 1 N–H and O–H groups in total. The van der Waals surface area contributed by atoms with E-state index >= 15 is 0 Å². The zero-order valence-corrected chi connectivity index (χ0v) is 17.7. The average molecular weight is 449 g/mol. The van der Waals surface area contributed by atoms with Crippen LogP contribution in [0, 0.1) is 0 Å². The molecule has 0 spiro atoms. The summed E-state index contributed by atoms with van der Waals surface area (Å²) >= 11 is 30.0. The van der Waals surface area contributed by atoms with Crippen LogP contribution in [0.15, 0.2) is 36.4 Å². The molecule has 0 bridgehead atoms. The Balaban J connectivity index is 1.54. The van der Waals surface area contributed by atoms with Gasteiger partial charge in [-0.05, 0) is 42.5 Å². The van der Waals surface area contributed by atoms with Crippen LogP contribution in [-0.2, 0) is 6.54 Å². The predicted molar refractivity (Wildman–Crippen MR) is 116 cm³/mol. The van der Waals surface area contributed by atoms with E-state index in [0.29, 0.717) is 25.2 Å². The van der Waals surface area contributed by atoms with Crippen molar-refractivity contribution in [2.24, 2.45) is 0 Å². The van der Waals surface area contributed by atoms with Crippen molar-refractivity contribution in [1.82, 2.24) is 9.80 Å². The van der Waals surface area contributed by atoms with Crippen LogP contribution < -0.4 is 5.32 Å². The van der Waals surface area contributed by atoms with Crippen molar-refractivity contribution in [1.29, 1.82) is 0 Å². The number of nitrogens with one attached hydrogen (secondary N) is 1. The number of anilines is 1. The Morgan fingerprint density at radius 3 is 2.15 bits per heavy atom. The van der Waals surface area contributed by atoms with E-state index in [1.165, 1.54) is 0 Å². The minimum atomic E-state index is 0.501. The standard InChI is InChI=1S/C18H17Cl4N3S/c19-14-2-1-3-15(20)13(14)11-24-6-8-25(9-7-24)18(26)23-12-4-5-16(21)17(22)10-12/h1-5,10H,6-9,11H2,(H,23,26). The second-order valence-electron chi connectivity index (χ2n) is 6.02. The molecule has 0 aliphatic carbocycles. The average Bonchev–Trinajstić information content (AvgIpc) is 2.62. The van der Waals surface area contributed by atoms with Gasteiger partial charge in [0.2, 0.25) is 0 Å². The highest BCUT2D eigenvalue weighted by molar-refractivity contribution is 7.80. The topological polar surface area (TPSA) is 18.5 Å². The molecule has 138 valence electrons. The molecule has 1 saturated heterocycles. The lowest BCUT2D eigenvalue weighted by molar-refractivity contribution is 0.177. The zero-order valence-electron chi connectivity index (χ0n) is 13.8. The fourth-order valence-electron chi connectivity index (χ4n) is 2.79. The first kappa shape index (κ1) is 20.0. The van der Waals surface area contributed by atoms with Gasteiger partial charge in [-0.1, -0.05) is 52.5 Å². The van der Waals surface area contributed by atoms with Crippen LogP contribution in [-0.4, -0.2) is 41.1 Å². The van der Waals surface area contributed by atoms with Crippen molar-refractivity contribution in [3.63, 3.8) is 0 Å². The number of nitrogens with zero attached hydrogens (tertiary/aromatic N) is 2. The molecule has 1 aliphatic heterocycles. The molecular formula is C18H17Cl4N3S. The van der Waals surface area contributed by atoms with Crippen molar-refractivity contribution in [2.45, 2.75) is 6.54 Å². The van der Waals surface area contributed by atoms with E-state index in [1.54, 1.807) is 12.1 Å². The lowest BCUT2D eigenvalue weighted by Gasteiger charge is -2.36. The Bertz CT molecular complexity index is 787. The zero-order chi connectivity index (χ0) is 18.7. The van der Waals surface area contributed by atoms with Crippen LogP contribution >= 0.6 is 58.6 Å². The first-order valence-corrected chi connectivity index (χ1v) is 10.0. The summed E-state index contributed by atoms with van der Waals surface area (Å²) in [5, 5.41) is 6.33. The highest BCUT2D eigenvalue weighted by Gasteiger charge is 2.20. The van der Waals surface area contributed by atoms with Gasteiger partial charge in [-0.3, -0.25) is 4.90 Å². The van der Waals surface area contributed by atoms with Gasteiger partial charge in [0.25, 0.3) is 0 Å². The summed E-state index contributed by atoms with van der Waals surface area (Å²) < 4.78 is 0. The SMILES string of the molecule is S=C(Nc1ccc(Cl)c(Cl)c1)N1CCN(Cc2c(Cl)cccc2Cl)CC1. The summed E-state index contributed by atoms with van der Waals surface area (Å²) in [6, 6.07) is 11.0. The van der Waals surface area contributed by atoms with E-state index in [4.69, 9.17) is 58.6 Å². The van der Waals surface area contributed by atoms with Gasteiger partial charge < -0.3 is 10.2 Å². The van der Waals surface area contributed by atoms with E-state index in [9.17, 15) is 0 Å². The fraction of sp³-hybridized carbons (Fsp3) is 0.278. The summed E-state index contributed by atoms with van der Waals surface area (Å²) in [5.74, 6) is 0. The second kappa shape index (κ2) is 8.96. The molecule has 0 saturated carbocycles. The Hall–Kier alpha value is -0.750. The normalized spacial score (nSPS) is 15.2.